The fourth-order valence-electron chi connectivity index (χ4n) is 2.44. The summed E-state index contributed by atoms with van der Waals surface area (Å²) in [6.45, 7) is 0. The first-order chi connectivity index (χ1) is 8.78. The standard InChI is InChI=1S/C14H18N2OS/c1-17-11-7-6-10(9-15)13(8-11)16-12-4-3-5-14(12)18-2/h6-8,12,14,16H,3-5H2,1-2H3. The summed E-state index contributed by atoms with van der Waals surface area (Å²) in [5, 5.41) is 13.3. The molecule has 18 heavy (non-hydrogen) atoms. The van der Waals surface area contributed by atoms with Crippen molar-refractivity contribution >= 4 is 17.4 Å². The molecule has 0 amide bonds. The molecule has 2 rings (SSSR count). The molecule has 2 unspecified atom stereocenters. The number of thioether (sulfide) groups is 1. The van der Waals surface area contributed by atoms with Gasteiger partial charge in [0.05, 0.1) is 18.4 Å². The van der Waals surface area contributed by atoms with Crippen LogP contribution in [0.3, 0.4) is 0 Å². The quantitative estimate of drug-likeness (QED) is 0.904. The van der Waals surface area contributed by atoms with Gasteiger partial charge in [-0.25, -0.2) is 0 Å². The van der Waals surface area contributed by atoms with E-state index in [2.05, 4.69) is 17.6 Å². The molecule has 96 valence electrons. The molecule has 2 atom stereocenters. The van der Waals surface area contributed by atoms with Gasteiger partial charge in [0.2, 0.25) is 0 Å². The van der Waals surface area contributed by atoms with E-state index in [1.165, 1.54) is 19.3 Å². The van der Waals surface area contributed by atoms with Crippen molar-refractivity contribution in [2.45, 2.75) is 30.6 Å². The molecule has 1 N–H and O–H groups in total. The lowest BCUT2D eigenvalue weighted by molar-refractivity contribution is 0.415. The molecule has 1 aromatic carbocycles. The molecule has 3 nitrogen and oxygen atoms in total. The fraction of sp³-hybridized carbons (Fsp3) is 0.500. The summed E-state index contributed by atoms with van der Waals surface area (Å²) < 4.78 is 5.22. The summed E-state index contributed by atoms with van der Waals surface area (Å²) in [4.78, 5) is 0. The van der Waals surface area contributed by atoms with Crippen LogP contribution in [0.1, 0.15) is 24.8 Å². The van der Waals surface area contributed by atoms with Gasteiger partial charge in [0.25, 0.3) is 0 Å². The fourth-order valence-corrected chi connectivity index (χ4v) is 3.38. The van der Waals surface area contributed by atoms with Crippen molar-refractivity contribution in [3.8, 4) is 11.8 Å². The van der Waals surface area contributed by atoms with Crippen LogP contribution in [-0.4, -0.2) is 24.7 Å². The van der Waals surface area contributed by atoms with Gasteiger partial charge in [0.15, 0.2) is 0 Å². The highest BCUT2D eigenvalue weighted by molar-refractivity contribution is 7.99. The zero-order chi connectivity index (χ0) is 13.0. The van der Waals surface area contributed by atoms with Crippen LogP contribution < -0.4 is 10.1 Å². The molecule has 0 radical (unpaired) electrons. The lowest BCUT2D eigenvalue weighted by Gasteiger charge is -2.21. The van der Waals surface area contributed by atoms with Gasteiger partial charge >= 0.3 is 0 Å². The number of hydrogen-bond acceptors (Lipinski definition) is 4. The summed E-state index contributed by atoms with van der Waals surface area (Å²) in [6, 6.07) is 8.23. The number of methoxy groups -OCH3 is 1. The molecule has 1 saturated carbocycles. The number of hydrogen-bond donors (Lipinski definition) is 1. The average Bonchev–Trinajstić information content (AvgIpc) is 2.86. The molecule has 0 spiro atoms. The maximum atomic E-state index is 9.14. The Morgan fingerprint density at radius 3 is 2.94 bits per heavy atom. The Labute approximate surface area is 113 Å². The van der Waals surface area contributed by atoms with Gasteiger partial charge < -0.3 is 10.1 Å². The van der Waals surface area contributed by atoms with Crippen LogP contribution in [0.25, 0.3) is 0 Å². The second-order valence-electron chi connectivity index (χ2n) is 4.48. The Balaban J connectivity index is 2.19. The van der Waals surface area contributed by atoms with Gasteiger partial charge in [-0.2, -0.15) is 17.0 Å². The van der Waals surface area contributed by atoms with Crippen LogP contribution in [0.15, 0.2) is 18.2 Å². The number of nitriles is 1. The van der Waals surface area contributed by atoms with Gasteiger partial charge in [-0.1, -0.05) is 6.42 Å². The van der Waals surface area contributed by atoms with Crippen molar-refractivity contribution in [2.75, 3.05) is 18.7 Å². The normalized spacial score (nSPS) is 22.5. The van der Waals surface area contributed by atoms with Crippen LogP contribution >= 0.6 is 11.8 Å². The Kier molecular flexibility index (Phi) is 4.38. The van der Waals surface area contributed by atoms with E-state index in [0.717, 1.165) is 11.4 Å². The molecule has 0 aromatic heterocycles. The second kappa shape index (κ2) is 6.01. The SMILES string of the molecule is COc1ccc(C#N)c(NC2CCCC2SC)c1. The monoisotopic (exact) mass is 262 g/mol. The maximum absolute atomic E-state index is 9.14. The number of nitrogens with one attached hydrogen (secondary N) is 1. The van der Waals surface area contributed by atoms with E-state index in [1.54, 1.807) is 7.11 Å². The number of anilines is 1. The van der Waals surface area contributed by atoms with Crippen molar-refractivity contribution in [1.29, 1.82) is 5.26 Å². The summed E-state index contributed by atoms with van der Waals surface area (Å²) >= 11 is 1.91. The topological polar surface area (TPSA) is 45.0 Å². The molecule has 1 aliphatic rings. The lowest BCUT2D eigenvalue weighted by atomic mass is 10.1. The number of rotatable bonds is 4. The number of nitrogens with zero attached hydrogens (tertiary/aromatic N) is 1. The molecule has 0 bridgehead atoms. The van der Waals surface area contributed by atoms with Crippen molar-refractivity contribution in [1.82, 2.24) is 0 Å². The van der Waals surface area contributed by atoms with Gasteiger partial charge in [0.1, 0.15) is 11.8 Å². The average molecular weight is 262 g/mol. The molecule has 0 saturated heterocycles. The third-order valence-corrected chi connectivity index (χ3v) is 4.61. The van der Waals surface area contributed by atoms with E-state index < -0.39 is 0 Å². The molecule has 1 aliphatic carbocycles. The Bertz CT molecular complexity index is 456. The van der Waals surface area contributed by atoms with Crippen LogP contribution in [-0.2, 0) is 0 Å². The smallest absolute Gasteiger partial charge is 0.121 e. The largest absolute Gasteiger partial charge is 0.497 e. The van der Waals surface area contributed by atoms with Crippen molar-refractivity contribution in [3.05, 3.63) is 23.8 Å². The lowest BCUT2D eigenvalue weighted by Crippen LogP contribution is -2.26. The predicted octanol–water partition coefficient (Wildman–Crippen LogP) is 3.26. The number of ether oxygens (including phenoxy) is 1. The summed E-state index contributed by atoms with van der Waals surface area (Å²) in [5.41, 5.74) is 1.57. The van der Waals surface area contributed by atoms with Crippen molar-refractivity contribution < 1.29 is 4.74 Å². The first-order valence-electron chi connectivity index (χ1n) is 6.16. The highest BCUT2D eigenvalue weighted by Crippen LogP contribution is 2.32. The molecule has 1 aromatic rings. The maximum Gasteiger partial charge on any atom is 0.121 e. The van der Waals surface area contributed by atoms with Gasteiger partial charge in [0, 0.05) is 17.4 Å². The minimum Gasteiger partial charge on any atom is -0.497 e. The second-order valence-corrected chi connectivity index (χ2v) is 5.56. The minimum atomic E-state index is 0.458. The predicted molar refractivity (Wildman–Crippen MR) is 76.3 cm³/mol. The van der Waals surface area contributed by atoms with Gasteiger partial charge in [-0.05, 0) is 31.2 Å². The Hall–Kier alpha value is -1.34. The molecule has 0 aliphatic heterocycles. The molecular weight excluding hydrogens is 244 g/mol. The van der Waals surface area contributed by atoms with Crippen molar-refractivity contribution in [2.24, 2.45) is 0 Å². The molecule has 4 heteroatoms. The molecule has 1 fully saturated rings. The molecule has 0 heterocycles. The first-order valence-corrected chi connectivity index (χ1v) is 7.44. The minimum absolute atomic E-state index is 0.458. The van der Waals surface area contributed by atoms with E-state index in [1.807, 2.05) is 30.0 Å². The van der Waals surface area contributed by atoms with Crippen LogP contribution in [0.4, 0.5) is 5.69 Å². The summed E-state index contributed by atoms with van der Waals surface area (Å²) in [7, 11) is 1.64. The van der Waals surface area contributed by atoms with Crippen molar-refractivity contribution in [3.63, 3.8) is 0 Å². The third kappa shape index (κ3) is 2.73. The Morgan fingerprint density at radius 2 is 2.28 bits per heavy atom. The first kappa shape index (κ1) is 13.1. The van der Waals surface area contributed by atoms with E-state index in [-0.39, 0.29) is 0 Å². The summed E-state index contributed by atoms with van der Waals surface area (Å²) in [6.07, 6.45) is 5.84. The van der Waals surface area contributed by atoms with Crippen LogP contribution in [0.2, 0.25) is 0 Å². The van der Waals surface area contributed by atoms with E-state index in [9.17, 15) is 0 Å². The van der Waals surface area contributed by atoms with E-state index >= 15 is 0 Å². The zero-order valence-electron chi connectivity index (χ0n) is 10.8. The van der Waals surface area contributed by atoms with Gasteiger partial charge in [-0.15, -0.1) is 0 Å². The summed E-state index contributed by atoms with van der Waals surface area (Å²) in [5.74, 6) is 0.787. The zero-order valence-corrected chi connectivity index (χ0v) is 11.6. The highest BCUT2D eigenvalue weighted by atomic mass is 32.2. The van der Waals surface area contributed by atoms with Crippen LogP contribution in [0, 0.1) is 11.3 Å². The number of benzene rings is 1. The van der Waals surface area contributed by atoms with Gasteiger partial charge in [-0.3, -0.25) is 0 Å². The van der Waals surface area contributed by atoms with E-state index in [0.29, 0.717) is 16.9 Å². The third-order valence-electron chi connectivity index (χ3n) is 3.44. The van der Waals surface area contributed by atoms with E-state index in [4.69, 9.17) is 10.00 Å². The molecular formula is C14H18N2OS. The van der Waals surface area contributed by atoms with Crippen LogP contribution in [0.5, 0.6) is 5.75 Å². The Morgan fingerprint density at radius 1 is 1.44 bits per heavy atom. The highest BCUT2D eigenvalue weighted by Gasteiger charge is 2.26.